The predicted octanol–water partition coefficient (Wildman–Crippen LogP) is 6.77. The Morgan fingerprint density at radius 1 is 0.964 bits per heavy atom. The Kier molecular flexibility index (Phi) is 5.16. The molecule has 3 aromatic carbocycles. The average Bonchev–Trinajstić information content (AvgIpc) is 3.10. The van der Waals surface area contributed by atoms with Gasteiger partial charge in [-0.3, -0.25) is 0 Å². The van der Waals surface area contributed by atoms with Crippen LogP contribution in [-0.2, 0) is 11.2 Å². The molecule has 28 heavy (non-hydrogen) atoms. The third-order valence-corrected chi connectivity index (χ3v) is 5.11. The maximum atomic E-state index is 12.9. The maximum absolute atomic E-state index is 12.9. The van der Waals surface area contributed by atoms with E-state index in [2.05, 4.69) is 25.1 Å². The lowest BCUT2D eigenvalue weighted by Gasteiger charge is -2.16. The summed E-state index contributed by atoms with van der Waals surface area (Å²) < 4.78 is 11.5. The number of carbonyl (C=O) groups excluding carboxylic acids is 1. The van der Waals surface area contributed by atoms with Gasteiger partial charge in [0.2, 0.25) is 0 Å². The molecular weight excluding hydrogens is 348 g/mol. The molecule has 0 saturated heterocycles. The third-order valence-electron chi connectivity index (χ3n) is 5.11. The van der Waals surface area contributed by atoms with Gasteiger partial charge in [-0.25, -0.2) is 4.79 Å². The van der Waals surface area contributed by atoms with Crippen molar-refractivity contribution in [1.29, 1.82) is 0 Å². The molecule has 0 aliphatic carbocycles. The molecule has 3 heteroatoms. The van der Waals surface area contributed by atoms with Crippen molar-refractivity contribution in [2.45, 2.75) is 33.1 Å². The lowest BCUT2D eigenvalue weighted by atomic mass is 9.88. The van der Waals surface area contributed by atoms with E-state index in [0.717, 1.165) is 52.3 Å². The minimum absolute atomic E-state index is 0.304. The number of benzene rings is 3. The van der Waals surface area contributed by atoms with E-state index in [0.29, 0.717) is 12.2 Å². The van der Waals surface area contributed by atoms with Crippen LogP contribution in [0.3, 0.4) is 0 Å². The normalized spacial score (nSPS) is 11.2. The highest BCUT2D eigenvalue weighted by Gasteiger charge is 2.23. The van der Waals surface area contributed by atoms with E-state index in [9.17, 15) is 4.79 Å². The number of esters is 1. The van der Waals surface area contributed by atoms with Crippen LogP contribution in [0.1, 0.15) is 42.6 Å². The number of para-hydroxylation sites is 1. The van der Waals surface area contributed by atoms with Crippen molar-refractivity contribution >= 4 is 27.9 Å². The Morgan fingerprint density at radius 2 is 1.71 bits per heavy atom. The summed E-state index contributed by atoms with van der Waals surface area (Å²) >= 11 is 0. The fourth-order valence-corrected chi connectivity index (χ4v) is 3.88. The highest BCUT2D eigenvalue weighted by molar-refractivity contribution is 6.13. The van der Waals surface area contributed by atoms with Crippen LogP contribution in [0.5, 0.6) is 0 Å². The van der Waals surface area contributed by atoms with Gasteiger partial charge in [0.25, 0.3) is 0 Å². The lowest BCUT2D eigenvalue weighted by Crippen LogP contribution is -2.09. The number of furan rings is 1. The molecule has 0 N–H and O–H groups in total. The van der Waals surface area contributed by atoms with Crippen molar-refractivity contribution in [1.82, 2.24) is 0 Å². The topological polar surface area (TPSA) is 39.4 Å². The van der Waals surface area contributed by atoms with Crippen LogP contribution < -0.4 is 0 Å². The minimum Gasteiger partial charge on any atom is -0.462 e. The standard InChI is InChI=1S/C25H24O3/c1-3-5-13-19-23(17-11-7-6-8-12-17)20(25(26)27-4-2)16-22-24(19)18-14-9-10-15-21(18)28-22/h6-12,14-16H,3-5,13H2,1-2H3. The molecule has 0 radical (unpaired) electrons. The van der Waals surface area contributed by atoms with E-state index in [-0.39, 0.29) is 5.97 Å². The maximum Gasteiger partial charge on any atom is 0.338 e. The van der Waals surface area contributed by atoms with Crippen molar-refractivity contribution in [2.24, 2.45) is 0 Å². The van der Waals surface area contributed by atoms with Crippen LogP contribution in [0.25, 0.3) is 33.1 Å². The first-order valence-electron chi connectivity index (χ1n) is 9.94. The SMILES string of the molecule is CCCCc1c(-c2ccccc2)c(C(=O)OCC)cc2oc3ccccc3c12. The van der Waals surface area contributed by atoms with Gasteiger partial charge in [-0.05, 0) is 43.0 Å². The number of ether oxygens (including phenoxy) is 1. The zero-order valence-corrected chi connectivity index (χ0v) is 16.3. The molecule has 1 heterocycles. The van der Waals surface area contributed by atoms with Crippen LogP contribution in [0.15, 0.2) is 65.1 Å². The quantitative estimate of drug-likeness (QED) is 0.351. The summed E-state index contributed by atoms with van der Waals surface area (Å²) in [5.41, 5.74) is 5.32. The summed E-state index contributed by atoms with van der Waals surface area (Å²) in [6.45, 7) is 4.36. The number of rotatable bonds is 6. The Hall–Kier alpha value is -3.07. The van der Waals surface area contributed by atoms with Crippen LogP contribution in [0.4, 0.5) is 0 Å². The van der Waals surface area contributed by atoms with E-state index in [1.807, 2.05) is 49.4 Å². The third kappa shape index (κ3) is 3.18. The van der Waals surface area contributed by atoms with Crippen LogP contribution in [-0.4, -0.2) is 12.6 Å². The number of aryl methyl sites for hydroxylation is 1. The molecular formula is C25H24O3. The van der Waals surface area contributed by atoms with Gasteiger partial charge >= 0.3 is 5.97 Å². The van der Waals surface area contributed by atoms with Gasteiger partial charge in [0.05, 0.1) is 12.2 Å². The first kappa shape index (κ1) is 18.3. The monoisotopic (exact) mass is 372 g/mol. The molecule has 0 aliphatic heterocycles. The molecule has 0 saturated carbocycles. The van der Waals surface area contributed by atoms with Gasteiger partial charge in [-0.15, -0.1) is 0 Å². The second kappa shape index (κ2) is 7.89. The van der Waals surface area contributed by atoms with Crippen LogP contribution in [0, 0.1) is 0 Å². The molecule has 3 nitrogen and oxygen atoms in total. The second-order valence-corrected chi connectivity index (χ2v) is 6.94. The molecule has 0 fully saturated rings. The summed E-state index contributed by atoms with van der Waals surface area (Å²) in [5.74, 6) is -0.304. The van der Waals surface area contributed by atoms with Gasteiger partial charge in [0, 0.05) is 16.3 Å². The second-order valence-electron chi connectivity index (χ2n) is 6.94. The Morgan fingerprint density at radius 3 is 2.46 bits per heavy atom. The van der Waals surface area contributed by atoms with Crippen LogP contribution >= 0.6 is 0 Å². The minimum atomic E-state index is -0.304. The Bertz CT molecular complexity index is 1120. The zero-order valence-electron chi connectivity index (χ0n) is 16.3. The molecule has 0 aliphatic rings. The number of fused-ring (bicyclic) bond motifs is 3. The molecule has 0 unspecified atom stereocenters. The fraction of sp³-hybridized carbons (Fsp3) is 0.240. The van der Waals surface area contributed by atoms with Gasteiger partial charge in [0.1, 0.15) is 11.2 Å². The van der Waals surface area contributed by atoms with Gasteiger partial charge < -0.3 is 9.15 Å². The molecule has 4 rings (SSSR count). The zero-order chi connectivity index (χ0) is 19.5. The Labute approximate surface area is 164 Å². The summed E-state index contributed by atoms with van der Waals surface area (Å²) in [4.78, 5) is 12.9. The van der Waals surface area contributed by atoms with Crippen LogP contribution in [0.2, 0.25) is 0 Å². The molecule has 1 aromatic heterocycles. The van der Waals surface area contributed by atoms with E-state index in [4.69, 9.17) is 9.15 Å². The fourth-order valence-electron chi connectivity index (χ4n) is 3.88. The largest absolute Gasteiger partial charge is 0.462 e. The van der Waals surface area contributed by atoms with Crippen molar-refractivity contribution in [2.75, 3.05) is 6.61 Å². The molecule has 0 amide bonds. The first-order chi connectivity index (χ1) is 13.7. The number of unbranched alkanes of at least 4 members (excludes halogenated alkanes) is 1. The van der Waals surface area contributed by atoms with E-state index < -0.39 is 0 Å². The predicted molar refractivity (Wildman–Crippen MR) is 114 cm³/mol. The average molecular weight is 372 g/mol. The van der Waals surface area contributed by atoms with Gasteiger partial charge in [0.15, 0.2) is 0 Å². The van der Waals surface area contributed by atoms with E-state index in [1.165, 1.54) is 5.56 Å². The summed E-state index contributed by atoms with van der Waals surface area (Å²) in [5, 5.41) is 2.20. The van der Waals surface area contributed by atoms with Gasteiger partial charge in [-0.2, -0.15) is 0 Å². The number of hydrogen-bond donors (Lipinski definition) is 0. The van der Waals surface area contributed by atoms with Crippen molar-refractivity contribution in [3.63, 3.8) is 0 Å². The summed E-state index contributed by atoms with van der Waals surface area (Å²) in [6, 6.07) is 20.0. The molecule has 0 atom stereocenters. The highest BCUT2D eigenvalue weighted by Crippen LogP contribution is 2.40. The lowest BCUT2D eigenvalue weighted by molar-refractivity contribution is 0.0527. The van der Waals surface area contributed by atoms with Crippen molar-refractivity contribution < 1.29 is 13.9 Å². The molecule has 142 valence electrons. The van der Waals surface area contributed by atoms with Crippen molar-refractivity contribution in [3.05, 3.63) is 71.8 Å². The molecule has 4 aromatic rings. The van der Waals surface area contributed by atoms with E-state index >= 15 is 0 Å². The summed E-state index contributed by atoms with van der Waals surface area (Å²) in [7, 11) is 0. The first-order valence-corrected chi connectivity index (χ1v) is 9.94. The summed E-state index contributed by atoms with van der Waals surface area (Å²) in [6.07, 6.45) is 3.00. The van der Waals surface area contributed by atoms with Gasteiger partial charge in [-0.1, -0.05) is 61.9 Å². The van der Waals surface area contributed by atoms with E-state index in [1.54, 1.807) is 0 Å². The smallest absolute Gasteiger partial charge is 0.338 e. The highest BCUT2D eigenvalue weighted by atomic mass is 16.5. The van der Waals surface area contributed by atoms with Crippen molar-refractivity contribution in [3.8, 4) is 11.1 Å². The number of carbonyl (C=O) groups is 1. The Balaban J connectivity index is 2.11. The number of hydrogen-bond acceptors (Lipinski definition) is 3. The molecule has 0 bridgehead atoms. The molecule has 0 spiro atoms.